The summed E-state index contributed by atoms with van der Waals surface area (Å²) in [7, 11) is 0. The summed E-state index contributed by atoms with van der Waals surface area (Å²) in [6.45, 7) is 1.05. The number of carboxylic acid groups (broad SMARTS) is 1. The van der Waals surface area contributed by atoms with E-state index in [1.807, 2.05) is 30.3 Å². The Morgan fingerprint density at radius 3 is 2.51 bits per heavy atom. The normalized spacial score (nSPS) is 12.5. The summed E-state index contributed by atoms with van der Waals surface area (Å²) in [5, 5.41) is 10.7. The van der Waals surface area contributed by atoms with Crippen LogP contribution in [0, 0.1) is 0 Å². The third-order valence-corrected chi connectivity index (χ3v) is 7.30. The number of halogens is 2. The fraction of sp³-hybridized carbons (Fsp3) is 0.226. The van der Waals surface area contributed by atoms with E-state index in [2.05, 4.69) is 22.0 Å². The van der Waals surface area contributed by atoms with Crippen molar-refractivity contribution in [3.63, 3.8) is 0 Å². The molecule has 0 aliphatic carbocycles. The molecule has 0 fully saturated rings. The number of amides is 1. The van der Waals surface area contributed by atoms with Crippen LogP contribution in [0.25, 0.3) is 0 Å². The van der Waals surface area contributed by atoms with Gasteiger partial charge in [-0.15, -0.1) is 0 Å². The van der Waals surface area contributed by atoms with Crippen molar-refractivity contribution in [2.24, 2.45) is 0 Å². The lowest BCUT2D eigenvalue weighted by molar-refractivity contribution is -0.137. The second-order valence-electron chi connectivity index (χ2n) is 9.70. The molecule has 4 aromatic rings. The van der Waals surface area contributed by atoms with Crippen molar-refractivity contribution in [2.45, 2.75) is 19.4 Å². The predicted octanol–water partition coefficient (Wildman–Crippen LogP) is 5.54. The maximum absolute atomic E-state index is 13.8. The first kappa shape index (κ1) is 28.4. The minimum absolute atomic E-state index is 0.0506. The van der Waals surface area contributed by atoms with Crippen molar-refractivity contribution in [3.05, 3.63) is 117 Å². The third kappa shape index (κ3) is 7.34. The van der Waals surface area contributed by atoms with Crippen LogP contribution < -0.4 is 9.64 Å². The molecule has 0 unspecified atom stereocenters. The molecule has 1 N–H and O–H groups in total. The molecule has 0 atom stereocenters. The maximum Gasteiger partial charge on any atom is 0.323 e. The molecule has 1 amide bonds. The van der Waals surface area contributed by atoms with Gasteiger partial charge in [0.25, 0.3) is 5.91 Å². The van der Waals surface area contributed by atoms with Gasteiger partial charge in [-0.2, -0.15) is 0 Å². The lowest BCUT2D eigenvalue weighted by Crippen LogP contribution is -2.39. The summed E-state index contributed by atoms with van der Waals surface area (Å²) >= 11 is 12.2. The summed E-state index contributed by atoms with van der Waals surface area (Å²) in [6, 6.07) is 22.4. The SMILES string of the molecule is O=C(O)CN(CCOc1ccc(Cl)cc1)C(=O)c1cnc(N2CCc3ccccc3C2)nc1Cc1cccc(Cl)c1. The number of aliphatic carboxylic acids is 1. The number of hydrogen-bond acceptors (Lipinski definition) is 6. The van der Waals surface area contributed by atoms with Gasteiger partial charge < -0.3 is 19.6 Å². The molecule has 2 heterocycles. The number of carboxylic acids is 1. The number of nitrogens with zero attached hydrogens (tertiary/aromatic N) is 4. The third-order valence-electron chi connectivity index (χ3n) is 6.82. The zero-order valence-corrected chi connectivity index (χ0v) is 23.7. The largest absolute Gasteiger partial charge is 0.492 e. The van der Waals surface area contributed by atoms with E-state index in [-0.39, 0.29) is 18.7 Å². The Kier molecular flexibility index (Phi) is 9.01. The molecule has 1 aliphatic rings. The van der Waals surface area contributed by atoms with Gasteiger partial charge >= 0.3 is 5.97 Å². The molecule has 3 aromatic carbocycles. The average molecular weight is 591 g/mol. The summed E-state index contributed by atoms with van der Waals surface area (Å²) < 4.78 is 5.73. The molecular formula is C31H28Cl2N4O4. The van der Waals surface area contributed by atoms with Crippen LogP contribution in [0.3, 0.4) is 0 Å². The number of hydrogen-bond donors (Lipinski definition) is 1. The number of carbonyl (C=O) groups excluding carboxylic acids is 1. The highest BCUT2D eigenvalue weighted by Crippen LogP contribution is 2.25. The zero-order chi connectivity index (χ0) is 28.8. The molecule has 5 rings (SSSR count). The summed E-state index contributed by atoms with van der Waals surface area (Å²) in [5.41, 5.74) is 4.12. The van der Waals surface area contributed by atoms with Crippen molar-refractivity contribution >= 4 is 41.0 Å². The number of fused-ring (bicyclic) bond motifs is 1. The molecule has 0 spiro atoms. The highest BCUT2D eigenvalue weighted by molar-refractivity contribution is 6.30. The molecule has 0 saturated heterocycles. The first-order valence-corrected chi connectivity index (χ1v) is 13.9. The molecule has 8 nitrogen and oxygen atoms in total. The van der Waals surface area contributed by atoms with E-state index in [4.69, 9.17) is 32.9 Å². The topological polar surface area (TPSA) is 95.9 Å². The van der Waals surface area contributed by atoms with E-state index in [0.29, 0.717) is 40.4 Å². The molecule has 1 aliphatic heterocycles. The quantitative estimate of drug-likeness (QED) is 0.259. The van der Waals surface area contributed by atoms with Crippen LogP contribution in [0.1, 0.15) is 32.7 Å². The second kappa shape index (κ2) is 13.0. The first-order valence-electron chi connectivity index (χ1n) is 13.2. The fourth-order valence-electron chi connectivity index (χ4n) is 4.77. The van der Waals surface area contributed by atoms with Gasteiger partial charge in [0.2, 0.25) is 5.95 Å². The van der Waals surface area contributed by atoms with Crippen LogP contribution in [0.15, 0.2) is 79.0 Å². The predicted molar refractivity (Wildman–Crippen MR) is 158 cm³/mol. The smallest absolute Gasteiger partial charge is 0.323 e. The van der Waals surface area contributed by atoms with Crippen LogP contribution >= 0.6 is 23.2 Å². The monoisotopic (exact) mass is 590 g/mol. The Hall–Kier alpha value is -4.14. The molecule has 41 heavy (non-hydrogen) atoms. The number of rotatable bonds is 10. The minimum atomic E-state index is -1.13. The Labute approximate surface area is 248 Å². The van der Waals surface area contributed by atoms with Crippen molar-refractivity contribution < 1.29 is 19.4 Å². The molecule has 0 saturated carbocycles. The minimum Gasteiger partial charge on any atom is -0.492 e. The van der Waals surface area contributed by atoms with Gasteiger partial charge in [-0.1, -0.05) is 59.6 Å². The highest BCUT2D eigenvalue weighted by Gasteiger charge is 2.25. The van der Waals surface area contributed by atoms with Crippen LogP contribution in [-0.2, 0) is 24.2 Å². The van der Waals surface area contributed by atoms with Crippen molar-refractivity contribution in [1.29, 1.82) is 0 Å². The van der Waals surface area contributed by atoms with Gasteiger partial charge in [0.1, 0.15) is 18.9 Å². The van der Waals surface area contributed by atoms with Gasteiger partial charge in [-0.3, -0.25) is 9.59 Å². The van der Waals surface area contributed by atoms with E-state index in [0.717, 1.165) is 18.5 Å². The molecular weight excluding hydrogens is 563 g/mol. The average Bonchev–Trinajstić information content (AvgIpc) is 2.97. The lowest BCUT2D eigenvalue weighted by atomic mass is 10.0. The number of anilines is 1. The van der Waals surface area contributed by atoms with Crippen molar-refractivity contribution in [2.75, 3.05) is 31.1 Å². The first-order chi connectivity index (χ1) is 19.9. The second-order valence-corrected chi connectivity index (χ2v) is 10.6. The number of ether oxygens (including phenoxy) is 1. The zero-order valence-electron chi connectivity index (χ0n) is 22.2. The molecule has 0 radical (unpaired) electrons. The number of aromatic nitrogens is 2. The summed E-state index contributed by atoms with van der Waals surface area (Å²) in [6.07, 6.45) is 2.69. The fourth-order valence-corrected chi connectivity index (χ4v) is 5.11. The van der Waals surface area contributed by atoms with Gasteiger partial charge in [0, 0.05) is 35.8 Å². The van der Waals surface area contributed by atoms with E-state index in [1.165, 1.54) is 22.2 Å². The lowest BCUT2D eigenvalue weighted by Gasteiger charge is -2.29. The van der Waals surface area contributed by atoms with E-state index < -0.39 is 18.4 Å². The Balaban J connectivity index is 1.41. The molecule has 1 aromatic heterocycles. The van der Waals surface area contributed by atoms with Gasteiger partial charge in [0.05, 0.1) is 17.8 Å². The van der Waals surface area contributed by atoms with E-state index in [1.54, 1.807) is 30.3 Å². The van der Waals surface area contributed by atoms with Crippen molar-refractivity contribution in [3.8, 4) is 5.75 Å². The maximum atomic E-state index is 13.8. The van der Waals surface area contributed by atoms with Crippen LogP contribution in [0.4, 0.5) is 5.95 Å². The number of benzene rings is 3. The van der Waals surface area contributed by atoms with Crippen LogP contribution in [0.2, 0.25) is 10.0 Å². The standard InChI is InChI=1S/C31H28Cl2N4O4/c32-24-8-10-26(11-9-24)41-15-14-36(20-29(38)39)30(40)27-18-34-31(35-28(27)17-21-4-3-7-25(33)16-21)37-13-12-22-5-1-2-6-23(22)19-37/h1-11,16,18H,12-15,17,19-20H2,(H,38,39). The van der Waals surface area contributed by atoms with E-state index >= 15 is 0 Å². The van der Waals surface area contributed by atoms with Crippen molar-refractivity contribution in [1.82, 2.24) is 14.9 Å². The number of carbonyl (C=O) groups is 2. The van der Waals surface area contributed by atoms with Gasteiger partial charge in [-0.25, -0.2) is 9.97 Å². The van der Waals surface area contributed by atoms with Gasteiger partial charge in [-0.05, 0) is 59.5 Å². The molecule has 210 valence electrons. The Bertz CT molecular complexity index is 1550. The highest BCUT2D eigenvalue weighted by atomic mass is 35.5. The summed E-state index contributed by atoms with van der Waals surface area (Å²) in [5.74, 6) is -0.538. The van der Waals surface area contributed by atoms with Crippen LogP contribution in [-0.4, -0.2) is 58.1 Å². The van der Waals surface area contributed by atoms with E-state index in [9.17, 15) is 14.7 Å². The summed E-state index contributed by atoms with van der Waals surface area (Å²) in [4.78, 5) is 38.2. The Morgan fingerprint density at radius 2 is 1.76 bits per heavy atom. The van der Waals surface area contributed by atoms with Gasteiger partial charge in [0.15, 0.2) is 0 Å². The Morgan fingerprint density at radius 1 is 0.976 bits per heavy atom. The van der Waals surface area contributed by atoms with Crippen LogP contribution in [0.5, 0.6) is 5.75 Å². The molecule has 0 bridgehead atoms. The molecule has 10 heteroatoms.